The molecule has 0 N–H and O–H groups in total. The lowest BCUT2D eigenvalue weighted by Crippen LogP contribution is -2.52. The van der Waals surface area contributed by atoms with Gasteiger partial charge < -0.3 is 14.2 Å². The Bertz CT molecular complexity index is 368. The number of hydrogen-bond acceptors (Lipinski definition) is 3. The van der Waals surface area contributed by atoms with E-state index in [-0.39, 0.29) is 5.41 Å². The van der Waals surface area contributed by atoms with Crippen LogP contribution in [0.25, 0.3) is 0 Å². The van der Waals surface area contributed by atoms with Gasteiger partial charge in [0.05, 0.1) is 5.41 Å². The Morgan fingerprint density at radius 1 is 0.750 bits per heavy atom. The minimum atomic E-state index is -1.01. The van der Waals surface area contributed by atoms with Crippen LogP contribution in [0.2, 0.25) is 0 Å². The van der Waals surface area contributed by atoms with Crippen molar-refractivity contribution in [1.29, 1.82) is 0 Å². The van der Waals surface area contributed by atoms with Gasteiger partial charge in [-0.25, -0.2) is 0 Å². The Labute approximate surface area is 176 Å². The number of unbranched alkanes of at least 4 members (excludes halogenated alkanes) is 7. The summed E-state index contributed by atoms with van der Waals surface area (Å²) in [6.07, 6.45) is 20.6. The number of ether oxygens (including phenoxy) is 3. The van der Waals surface area contributed by atoms with Crippen LogP contribution in [0.5, 0.6) is 0 Å². The Balaban J connectivity index is 5.07. The highest BCUT2D eigenvalue weighted by atomic mass is 16.9. The van der Waals surface area contributed by atoms with Crippen molar-refractivity contribution in [3.05, 3.63) is 12.2 Å². The Hall–Kier alpha value is -0.380. The van der Waals surface area contributed by atoms with E-state index in [1.165, 1.54) is 70.6 Å². The van der Waals surface area contributed by atoms with E-state index >= 15 is 0 Å². The summed E-state index contributed by atoms with van der Waals surface area (Å²) in [6.45, 7) is 8.99. The molecule has 0 spiro atoms. The molecule has 0 radical (unpaired) electrons. The lowest BCUT2D eigenvalue weighted by atomic mass is 9.74. The fourth-order valence-corrected chi connectivity index (χ4v) is 4.41. The quantitative estimate of drug-likeness (QED) is 0.126. The van der Waals surface area contributed by atoms with E-state index in [2.05, 4.69) is 39.8 Å². The van der Waals surface area contributed by atoms with Gasteiger partial charge in [-0.15, -0.1) is 0 Å². The average Bonchev–Trinajstić information content (AvgIpc) is 2.71. The molecule has 0 saturated heterocycles. The molecule has 0 amide bonds. The van der Waals surface area contributed by atoms with E-state index in [9.17, 15) is 0 Å². The molecule has 3 heteroatoms. The van der Waals surface area contributed by atoms with E-state index in [1.807, 2.05) is 0 Å². The van der Waals surface area contributed by atoms with Crippen LogP contribution >= 0.6 is 0 Å². The maximum absolute atomic E-state index is 5.87. The van der Waals surface area contributed by atoms with Crippen molar-refractivity contribution >= 4 is 0 Å². The second-order valence-corrected chi connectivity index (χ2v) is 8.46. The van der Waals surface area contributed by atoms with Crippen LogP contribution in [-0.4, -0.2) is 27.3 Å². The highest BCUT2D eigenvalue weighted by molar-refractivity contribution is 5.04. The molecule has 0 aliphatic heterocycles. The molecule has 28 heavy (non-hydrogen) atoms. The summed E-state index contributed by atoms with van der Waals surface area (Å²) in [4.78, 5) is 0. The highest BCUT2D eigenvalue weighted by Crippen LogP contribution is 2.46. The van der Waals surface area contributed by atoms with Gasteiger partial charge in [0.15, 0.2) is 0 Å². The van der Waals surface area contributed by atoms with E-state index in [1.54, 1.807) is 21.3 Å². The average molecular weight is 399 g/mol. The van der Waals surface area contributed by atoms with Crippen molar-refractivity contribution in [3.63, 3.8) is 0 Å². The summed E-state index contributed by atoms with van der Waals surface area (Å²) in [5.41, 5.74) is -0.249. The fraction of sp³-hybridized carbons (Fsp3) is 0.920. The van der Waals surface area contributed by atoms with Gasteiger partial charge in [-0.2, -0.15) is 0 Å². The molecule has 0 heterocycles. The smallest absolute Gasteiger partial charge is 0.291 e. The van der Waals surface area contributed by atoms with Crippen LogP contribution < -0.4 is 0 Å². The Kier molecular flexibility index (Phi) is 16.2. The zero-order valence-electron chi connectivity index (χ0n) is 20.1. The predicted molar refractivity (Wildman–Crippen MR) is 122 cm³/mol. The number of hydrogen-bond donors (Lipinski definition) is 0. The van der Waals surface area contributed by atoms with Gasteiger partial charge in [0.2, 0.25) is 0 Å². The molecule has 3 nitrogen and oxygen atoms in total. The minimum Gasteiger partial charge on any atom is -0.330 e. The molecule has 168 valence electrons. The SMILES string of the molecule is CC=CC(CCCCCCCC)(CCCCCC(C)CC)C(OC)(OC)OC. The van der Waals surface area contributed by atoms with Crippen LogP contribution in [0.4, 0.5) is 0 Å². The summed E-state index contributed by atoms with van der Waals surface area (Å²) < 4.78 is 17.6. The maximum Gasteiger partial charge on any atom is 0.291 e. The van der Waals surface area contributed by atoms with Gasteiger partial charge in [0.1, 0.15) is 0 Å². The van der Waals surface area contributed by atoms with Gasteiger partial charge in [0.25, 0.3) is 5.97 Å². The summed E-state index contributed by atoms with van der Waals surface area (Å²) in [5, 5.41) is 0. The molecule has 0 aromatic rings. The van der Waals surface area contributed by atoms with Crippen molar-refractivity contribution in [2.45, 2.75) is 117 Å². The van der Waals surface area contributed by atoms with E-state index < -0.39 is 5.97 Å². The largest absolute Gasteiger partial charge is 0.330 e. The van der Waals surface area contributed by atoms with Crippen LogP contribution in [-0.2, 0) is 14.2 Å². The number of rotatable bonds is 19. The van der Waals surface area contributed by atoms with Gasteiger partial charge >= 0.3 is 0 Å². The number of allylic oxidation sites excluding steroid dienone is 1. The maximum atomic E-state index is 5.87. The third-order valence-electron chi connectivity index (χ3n) is 6.39. The normalized spacial score (nSPS) is 15.8. The Morgan fingerprint density at radius 3 is 1.71 bits per heavy atom. The first-order valence-corrected chi connectivity index (χ1v) is 11.8. The fourth-order valence-electron chi connectivity index (χ4n) is 4.41. The first-order chi connectivity index (χ1) is 13.5. The van der Waals surface area contributed by atoms with Crippen molar-refractivity contribution < 1.29 is 14.2 Å². The Morgan fingerprint density at radius 2 is 1.25 bits per heavy atom. The first kappa shape index (κ1) is 27.6. The van der Waals surface area contributed by atoms with Crippen LogP contribution in [0.15, 0.2) is 12.2 Å². The topological polar surface area (TPSA) is 27.7 Å². The van der Waals surface area contributed by atoms with E-state index in [4.69, 9.17) is 14.2 Å². The zero-order valence-corrected chi connectivity index (χ0v) is 20.1. The van der Waals surface area contributed by atoms with Gasteiger partial charge in [0, 0.05) is 21.3 Å². The van der Waals surface area contributed by atoms with Crippen LogP contribution in [0, 0.1) is 11.3 Å². The second-order valence-electron chi connectivity index (χ2n) is 8.46. The van der Waals surface area contributed by atoms with Crippen LogP contribution in [0.3, 0.4) is 0 Å². The molecule has 0 aromatic heterocycles. The van der Waals surface area contributed by atoms with Gasteiger partial charge in [-0.3, -0.25) is 0 Å². The van der Waals surface area contributed by atoms with Crippen molar-refractivity contribution in [2.24, 2.45) is 11.3 Å². The molecule has 0 fully saturated rings. The molecule has 2 unspecified atom stereocenters. The summed E-state index contributed by atoms with van der Waals surface area (Å²) in [6, 6.07) is 0. The summed E-state index contributed by atoms with van der Waals surface area (Å²) >= 11 is 0. The molecular formula is C25H50O3. The van der Waals surface area contributed by atoms with E-state index in [0.29, 0.717) is 0 Å². The van der Waals surface area contributed by atoms with Crippen molar-refractivity contribution in [1.82, 2.24) is 0 Å². The first-order valence-electron chi connectivity index (χ1n) is 11.8. The monoisotopic (exact) mass is 398 g/mol. The summed E-state index contributed by atoms with van der Waals surface area (Å²) in [7, 11) is 5.11. The van der Waals surface area contributed by atoms with Crippen LogP contribution in [0.1, 0.15) is 111 Å². The zero-order chi connectivity index (χ0) is 21.3. The van der Waals surface area contributed by atoms with Gasteiger partial charge in [-0.1, -0.05) is 104 Å². The van der Waals surface area contributed by atoms with Gasteiger partial charge in [-0.05, 0) is 25.7 Å². The second kappa shape index (κ2) is 16.4. The third-order valence-corrected chi connectivity index (χ3v) is 6.39. The summed E-state index contributed by atoms with van der Waals surface area (Å²) in [5.74, 6) is -0.181. The molecule has 0 saturated carbocycles. The minimum absolute atomic E-state index is 0.249. The molecule has 0 aliphatic rings. The molecule has 0 bridgehead atoms. The lowest BCUT2D eigenvalue weighted by Gasteiger charge is -2.45. The molecular weight excluding hydrogens is 348 g/mol. The number of methoxy groups -OCH3 is 3. The molecule has 0 aromatic carbocycles. The highest BCUT2D eigenvalue weighted by Gasteiger charge is 2.51. The molecule has 2 atom stereocenters. The molecule has 0 aliphatic carbocycles. The van der Waals surface area contributed by atoms with E-state index in [0.717, 1.165) is 18.8 Å². The molecule has 0 rings (SSSR count). The predicted octanol–water partition coefficient (Wildman–Crippen LogP) is 7.89. The van der Waals surface area contributed by atoms with Crippen molar-refractivity contribution in [3.8, 4) is 0 Å². The lowest BCUT2D eigenvalue weighted by molar-refractivity contribution is -0.399. The van der Waals surface area contributed by atoms with Crippen molar-refractivity contribution in [2.75, 3.05) is 21.3 Å². The third kappa shape index (κ3) is 8.97. The standard InChI is InChI=1S/C25H50O3/c1-8-11-12-13-14-17-21-24(20-9-2,25(26-5,27-6)28-7)22-18-15-16-19-23(4)10-3/h9,20,23H,8,10-19,21-22H2,1-7H3.